The zero-order chi connectivity index (χ0) is 17.8. The first-order chi connectivity index (χ1) is 12.1. The standard InChI is InChI=1S/C18H22N2O5/c21-16(13-7-9-25-11-13)19-14-5-3-4-12(10-14)17(22)20-8-2-1-6-15(20)18(23)24/h3-5,10,13,15H,1-2,6-9,11H2,(H,19,21)(H,23,24)/t13-,15-/m0/s1. The SMILES string of the molecule is O=C(Nc1cccc(C(=O)N2CCCC[C@H]2C(=O)O)c1)[C@H]1CCOC1. The summed E-state index contributed by atoms with van der Waals surface area (Å²) in [6.07, 6.45) is 2.77. The molecule has 0 spiro atoms. The molecule has 2 amide bonds. The lowest BCUT2D eigenvalue weighted by molar-refractivity contribution is -0.143. The van der Waals surface area contributed by atoms with Crippen LogP contribution in [0, 0.1) is 5.92 Å². The molecule has 0 aliphatic carbocycles. The normalized spacial score (nSPS) is 23.3. The van der Waals surface area contributed by atoms with Crippen molar-refractivity contribution in [2.45, 2.75) is 31.7 Å². The van der Waals surface area contributed by atoms with E-state index in [0.29, 0.717) is 43.9 Å². The summed E-state index contributed by atoms with van der Waals surface area (Å²) >= 11 is 0. The Hall–Kier alpha value is -2.41. The van der Waals surface area contributed by atoms with Gasteiger partial charge in [-0.15, -0.1) is 0 Å². The number of hydrogen-bond acceptors (Lipinski definition) is 4. The van der Waals surface area contributed by atoms with Crippen molar-refractivity contribution in [1.29, 1.82) is 0 Å². The third-order valence-electron chi connectivity index (χ3n) is 4.73. The molecule has 7 nitrogen and oxygen atoms in total. The maximum atomic E-state index is 12.7. The molecule has 0 aromatic heterocycles. The van der Waals surface area contributed by atoms with Gasteiger partial charge in [0.2, 0.25) is 5.91 Å². The molecule has 0 saturated carbocycles. The lowest BCUT2D eigenvalue weighted by Gasteiger charge is -2.33. The number of hydrogen-bond donors (Lipinski definition) is 2. The van der Waals surface area contributed by atoms with Gasteiger partial charge in [-0.25, -0.2) is 4.79 Å². The first-order valence-electron chi connectivity index (χ1n) is 8.58. The van der Waals surface area contributed by atoms with Crippen LogP contribution in [0.2, 0.25) is 0 Å². The molecular weight excluding hydrogens is 324 g/mol. The van der Waals surface area contributed by atoms with Crippen molar-refractivity contribution in [2.75, 3.05) is 25.1 Å². The van der Waals surface area contributed by atoms with Gasteiger partial charge in [0.1, 0.15) is 6.04 Å². The number of amides is 2. The molecule has 2 N–H and O–H groups in total. The summed E-state index contributed by atoms with van der Waals surface area (Å²) in [7, 11) is 0. The highest BCUT2D eigenvalue weighted by Crippen LogP contribution is 2.22. The summed E-state index contributed by atoms with van der Waals surface area (Å²) in [6.45, 7) is 1.44. The Kier molecular flexibility index (Phi) is 5.33. The Bertz CT molecular complexity index is 669. The second kappa shape index (κ2) is 7.65. The molecule has 2 aliphatic rings. The van der Waals surface area contributed by atoms with Gasteiger partial charge in [0.05, 0.1) is 12.5 Å². The highest BCUT2D eigenvalue weighted by atomic mass is 16.5. The highest BCUT2D eigenvalue weighted by Gasteiger charge is 2.32. The quantitative estimate of drug-likeness (QED) is 0.866. The molecule has 0 bridgehead atoms. The van der Waals surface area contributed by atoms with Gasteiger partial charge in [-0.05, 0) is 43.9 Å². The number of anilines is 1. The number of likely N-dealkylation sites (tertiary alicyclic amines) is 1. The molecule has 1 aromatic carbocycles. The van der Waals surface area contributed by atoms with Gasteiger partial charge in [0, 0.05) is 24.4 Å². The molecular formula is C18H22N2O5. The maximum Gasteiger partial charge on any atom is 0.326 e. The summed E-state index contributed by atoms with van der Waals surface area (Å²) in [5, 5.41) is 12.1. The van der Waals surface area contributed by atoms with Crippen LogP contribution in [0.3, 0.4) is 0 Å². The van der Waals surface area contributed by atoms with Crippen molar-refractivity contribution >= 4 is 23.5 Å². The Morgan fingerprint density at radius 1 is 1.20 bits per heavy atom. The molecule has 2 fully saturated rings. The molecule has 2 atom stereocenters. The molecule has 7 heteroatoms. The van der Waals surface area contributed by atoms with Crippen LogP contribution in [0.4, 0.5) is 5.69 Å². The van der Waals surface area contributed by atoms with Crippen LogP contribution < -0.4 is 5.32 Å². The average Bonchev–Trinajstić information content (AvgIpc) is 3.16. The number of ether oxygens (including phenoxy) is 1. The summed E-state index contributed by atoms with van der Waals surface area (Å²) in [5.74, 6) is -1.58. The Balaban J connectivity index is 1.72. The first-order valence-corrected chi connectivity index (χ1v) is 8.58. The van der Waals surface area contributed by atoms with E-state index in [-0.39, 0.29) is 17.7 Å². The van der Waals surface area contributed by atoms with Gasteiger partial charge in [-0.3, -0.25) is 9.59 Å². The molecule has 2 saturated heterocycles. The van der Waals surface area contributed by atoms with Crippen LogP contribution in [0.1, 0.15) is 36.0 Å². The van der Waals surface area contributed by atoms with E-state index in [1.54, 1.807) is 24.3 Å². The molecule has 0 radical (unpaired) electrons. The Labute approximate surface area is 146 Å². The zero-order valence-electron chi connectivity index (χ0n) is 13.9. The van der Waals surface area contributed by atoms with Crippen molar-refractivity contribution in [2.24, 2.45) is 5.92 Å². The minimum absolute atomic E-state index is 0.122. The number of carboxylic acid groups (broad SMARTS) is 1. The van der Waals surface area contributed by atoms with Gasteiger partial charge in [-0.2, -0.15) is 0 Å². The maximum absolute atomic E-state index is 12.7. The number of carbonyl (C=O) groups is 3. The molecule has 134 valence electrons. The Morgan fingerprint density at radius 2 is 2.04 bits per heavy atom. The van der Waals surface area contributed by atoms with E-state index in [1.165, 1.54) is 4.90 Å². The second-order valence-corrected chi connectivity index (χ2v) is 6.48. The van der Waals surface area contributed by atoms with E-state index in [0.717, 1.165) is 12.8 Å². The molecule has 1 aromatic rings. The number of aliphatic carboxylic acids is 1. The van der Waals surface area contributed by atoms with Crippen LogP contribution in [0.25, 0.3) is 0 Å². The number of piperidine rings is 1. The van der Waals surface area contributed by atoms with Crippen LogP contribution in [-0.4, -0.2) is 53.6 Å². The largest absolute Gasteiger partial charge is 0.480 e. The van der Waals surface area contributed by atoms with E-state index in [2.05, 4.69) is 5.32 Å². The number of carbonyl (C=O) groups excluding carboxylic acids is 2. The van der Waals surface area contributed by atoms with Crippen molar-refractivity contribution in [3.63, 3.8) is 0 Å². The first kappa shape index (κ1) is 17.4. The third kappa shape index (κ3) is 3.99. The van der Waals surface area contributed by atoms with Crippen LogP contribution in [0.15, 0.2) is 24.3 Å². The predicted octanol–water partition coefficient (Wildman–Crippen LogP) is 1.74. The van der Waals surface area contributed by atoms with Gasteiger partial charge in [-0.1, -0.05) is 6.07 Å². The fourth-order valence-electron chi connectivity index (χ4n) is 3.31. The fourth-order valence-corrected chi connectivity index (χ4v) is 3.31. The third-order valence-corrected chi connectivity index (χ3v) is 4.73. The lowest BCUT2D eigenvalue weighted by Crippen LogP contribution is -2.48. The molecule has 2 heterocycles. The number of nitrogens with zero attached hydrogens (tertiary/aromatic N) is 1. The lowest BCUT2D eigenvalue weighted by atomic mass is 10.0. The second-order valence-electron chi connectivity index (χ2n) is 6.48. The Morgan fingerprint density at radius 3 is 2.76 bits per heavy atom. The van der Waals surface area contributed by atoms with Crippen molar-refractivity contribution in [1.82, 2.24) is 4.90 Å². The van der Waals surface area contributed by atoms with E-state index in [1.807, 2.05) is 0 Å². The van der Waals surface area contributed by atoms with Crippen molar-refractivity contribution < 1.29 is 24.2 Å². The number of nitrogens with one attached hydrogen (secondary N) is 1. The van der Waals surface area contributed by atoms with E-state index in [9.17, 15) is 19.5 Å². The van der Waals surface area contributed by atoms with Crippen molar-refractivity contribution in [3.8, 4) is 0 Å². The zero-order valence-corrected chi connectivity index (χ0v) is 13.9. The summed E-state index contributed by atoms with van der Waals surface area (Å²) < 4.78 is 5.21. The molecule has 2 aliphatic heterocycles. The minimum Gasteiger partial charge on any atom is -0.480 e. The minimum atomic E-state index is -0.973. The summed E-state index contributed by atoms with van der Waals surface area (Å²) in [4.78, 5) is 37.7. The predicted molar refractivity (Wildman–Crippen MR) is 90.3 cm³/mol. The van der Waals surface area contributed by atoms with Gasteiger partial charge >= 0.3 is 5.97 Å². The van der Waals surface area contributed by atoms with Crippen molar-refractivity contribution in [3.05, 3.63) is 29.8 Å². The van der Waals surface area contributed by atoms with Gasteiger partial charge in [0.25, 0.3) is 5.91 Å². The smallest absolute Gasteiger partial charge is 0.326 e. The molecule has 25 heavy (non-hydrogen) atoms. The van der Waals surface area contributed by atoms with Gasteiger partial charge < -0.3 is 20.1 Å². The highest BCUT2D eigenvalue weighted by molar-refractivity contribution is 5.99. The van der Waals surface area contributed by atoms with Crippen LogP contribution >= 0.6 is 0 Å². The summed E-state index contributed by atoms with van der Waals surface area (Å²) in [5.41, 5.74) is 0.917. The number of benzene rings is 1. The molecule has 3 rings (SSSR count). The average molecular weight is 346 g/mol. The van der Waals surface area contributed by atoms with Crippen LogP contribution in [-0.2, 0) is 14.3 Å². The molecule has 0 unspecified atom stereocenters. The number of carboxylic acids is 1. The monoisotopic (exact) mass is 346 g/mol. The van der Waals surface area contributed by atoms with Crippen LogP contribution in [0.5, 0.6) is 0 Å². The number of rotatable bonds is 4. The van der Waals surface area contributed by atoms with Gasteiger partial charge in [0.15, 0.2) is 0 Å². The fraction of sp³-hybridized carbons (Fsp3) is 0.500. The van der Waals surface area contributed by atoms with E-state index < -0.39 is 12.0 Å². The topological polar surface area (TPSA) is 95.9 Å². The van der Waals surface area contributed by atoms with E-state index >= 15 is 0 Å². The van der Waals surface area contributed by atoms with E-state index in [4.69, 9.17) is 4.74 Å². The summed E-state index contributed by atoms with van der Waals surface area (Å²) in [6, 6.07) is 5.87.